The summed E-state index contributed by atoms with van der Waals surface area (Å²) < 4.78 is 9.56. The fourth-order valence-electron chi connectivity index (χ4n) is 5.45. The maximum atomic E-state index is 13.1. The van der Waals surface area contributed by atoms with Gasteiger partial charge in [-0.2, -0.15) is 4.37 Å². The number of nitro groups is 1. The summed E-state index contributed by atoms with van der Waals surface area (Å²) in [5, 5.41) is 31.3. The number of nitrogens with zero attached hydrogens (tertiary/aromatic N) is 5. The van der Waals surface area contributed by atoms with Gasteiger partial charge in [0, 0.05) is 34.8 Å². The van der Waals surface area contributed by atoms with E-state index in [0.29, 0.717) is 21.9 Å². The number of fused-ring (bicyclic) bond motifs is 1. The van der Waals surface area contributed by atoms with Crippen LogP contribution >= 0.6 is 23.3 Å². The molecule has 2 fully saturated rings. The Morgan fingerprint density at radius 2 is 2.05 bits per heavy atom. The van der Waals surface area contributed by atoms with Crippen molar-refractivity contribution >= 4 is 47.0 Å². The molecule has 2 saturated heterocycles. The van der Waals surface area contributed by atoms with Crippen LogP contribution in [0, 0.1) is 22.0 Å². The number of likely N-dealkylation sites (tertiary alicyclic amines) is 1. The number of β-lactam (4-membered cyclic amide) rings is 1. The van der Waals surface area contributed by atoms with Gasteiger partial charge in [0.15, 0.2) is 0 Å². The minimum atomic E-state index is -1.21. The fraction of sp³-hybridized carbons (Fsp3) is 0.458. The molecule has 0 unspecified atom stereocenters. The van der Waals surface area contributed by atoms with Crippen LogP contribution in [0.3, 0.4) is 0 Å². The predicted octanol–water partition coefficient (Wildman–Crippen LogP) is 2.79. The lowest BCUT2D eigenvalue weighted by atomic mass is 9.79. The number of aromatic nitrogens is 2. The number of ether oxygens (including phenoxy) is 1. The lowest BCUT2D eigenvalue weighted by molar-refractivity contribution is -0.384. The highest BCUT2D eigenvalue weighted by Crippen LogP contribution is 2.53. The van der Waals surface area contributed by atoms with Gasteiger partial charge in [-0.25, -0.2) is 14.6 Å². The number of aliphatic hydroxyl groups excluding tert-OH is 1. The van der Waals surface area contributed by atoms with Gasteiger partial charge >= 0.3 is 12.1 Å². The molecule has 0 aliphatic carbocycles. The summed E-state index contributed by atoms with van der Waals surface area (Å²) >= 11 is 2.49. The van der Waals surface area contributed by atoms with Crippen LogP contribution in [0.1, 0.15) is 36.9 Å². The van der Waals surface area contributed by atoms with E-state index in [1.807, 2.05) is 6.92 Å². The van der Waals surface area contributed by atoms with Crippen LogP contribution in [0.4, 0.5) is 10.5 Å². The van der Waals surface area contributed by atoms with Crippen molar-refractivity contribution in [3.8, 4) is 0 Å². The molecule has 2 aromatic rings. The lowest BCUT2D eigenvalue weighted by Crippen LogP contribution is -2.63. The molecule has 0 radical (unpaired) electrons. The zero-order valence-electron chi connectivity index (χ0n) is 20.9. The van der Waals surface area contributed by atoms with Crippen molar-refractivity contribution in [2.24, 2.45) is 11.8 Å². The molecule has 15 heteroatoms. The third-order valence-electron chi connectivity index (χ3n) is 7.27. The summed E-state index contributed by atoms with van der Waals surface area (Å²) in [6, 6.07) is 4.85. The Hall–Kier alpha value is -3.56. The van der Waals surface area contributed by atoms with E-state index in [1.165, 1.54) is 59.1 Å². The first-order chi connectivity index (χ1) is 18.6. The molecular weight excluding hydrogens is 550 g/mol. The normalized spacial score (nSPS) is 26.8. The fourth-order valence-corrected chi connectivity index (χ4v) is 7.61. The van der Waals surface area contributed by atoms with Crippen molar-refractivity contribution in [1.29, 1.82) is 0 Å². The number of thioether (sulfide) groups is 1. The quantitative estimate of drug-likeness (QED) is 0.269. The minimum Gasteiger partial charge on any atom is -0.477 e. The van der Waals surface area contributed by atoms with E-state index in [0.717, 1.165) is 11.5 Å². The minimum absolute atomic E-state index is 0.0638. The zero-order chi connectivity index (χ0) is 28.0. The van der Waals surface area contributed by atoms with Gasteiger partial charge < -0.3 is 19.8 Å². The number of aliphatic carboxylic acids is 1. The van der Waals surface area contributed by atoms with Gasteiger partial charge in [0.2, 0.25) is 5.91 Å². The maximum absolute atomic E-state index is 13.1. The molecule has 2 amide bonds. The number of non-ortho nitro benzene ring substituents is 1. The van der Waals surface area contributed by atoms with Crippen LogP contribution in [0.5, 0.6) is 0 Å². The van der Waals surface area contributed by atoms with Crippen molar-refractivity contribution in [3.63, 3.8) is 0 Å². The molecular formula is C24H25N5O8S2. The zero-order valence-corrected chi connectivity index (χ0v) is 22.5. The third kappa shape index (κ3) is 4.85. The first-order valence-electron chi connectivity index (χ1n) is 12.2. The molecule has 1 aromatic heterocycles. The molecule has 4 heterocycles. The van der Waals surface area contributed by atoms with E-state index in [1.54, 1.807) is 0 Å². The molecule has 206 valence electrons. The Bertz CT molecular complexity index is 1330. The highest BCUT2D eigenvalue weighted by Gasteiger charge is 2.60. The average Bonchev–Trinajstić information content (AvgIpc) is 3.61. The number of amides is 2. The Balaban J connectivity index is 1.32. The van der Waals surface area contributed by atoms with Gasteiger partial charge in [-0.15, -0.1) is 11.8 Å². The standard InChI is InChI=1S/C24H25N5O8S2/c1-11-18-17(12(2)30)22(31)28(18)19(23(32)33)20(11)38-15-7-16(21-25-10-26-39-21)27(8-15)24(34)37-9-13-3-5-14(6-4-13)29(35)36/h3-6,10-12,15-18,30H,7-9H2,1-2H3,(H,32,33)/t11-,12-,15+,16+,17-,18-/m1/s1. The van der Waals surface area contributed by atoms with E-state index in [2.05, 4.69) is 9.36 Å². The van der Waals surface area contributed by atoms with Crippen molar-refractivity contribution in [2.45, 2.75) is 50.3 Å². The second kappa shape index (κ2) is 10.5. The number of carboxylic acid groups (broad SMARTS) is 1. The van der Waals surface area contributed by atoms with E-state index in [9.17, 15) is 34.7 Å². The largest absolute Gasteiger partial charge is 0.477 e. The molecule has 3 aliphatic heterocycles. The molecule has 0 saturated carbocycles. The van der Waals surface area contributed by atoms with Crippen molar-refractivity contribution in [1.82, 2.24) is 19.2 Å². The van der Waals surface area contributed by atoms with Crippen LogP contribution < -0.4 is 0 Å². The molecule has 39 heavy (non-hydrogen) atoms. The Labute approximate surface area is 230 Å². The predicted molar refractivity (Wildman–Crippen MR) is 138 cm³/mol. The molecule has 3 aliphatic rings. The van der Waals surface area contributed by atoms with Crippen LogP contribution in [0.2, 0.25) is 0 Å². The number of hydrogen-bond acceptors (Lipinski definition) is 11. The highest BCUT2D eigenvalue weighted by atomic mass is 32.2. The van der Waals surface area contributed by atoms with E-state index in [4.69, 9.17) is 4.74 Å². The summed E-state index contributed by atoms with van der Waals surface area (Å²) in [7, 11) is 0. The van der Waals surface area contributed by atoms with Gasteiger partial charge in [-0.3, -0.25) is 19.8 Å². The van der Waals surface area contributed by atoms with Crippen LogP contribution in [-0.2, 0) is 20.9 Å². The molecule has 1 aromatic carbocycles. The van der Waals surface area contributed by atoms with Gasteiger partial charge in [-0.05, 0) is 42.6 Å². The number of benzene rings is 1. The number of rotatable bonds is 8. The summed E-state index contributed by atoms with van der Waals surface area (Å²) in [6.45, 7) is 3.54. The SMILES string of the molecule is C[C@@H](O)[C@H]1C(=O)N2C(C(=O)O)=C(S[C@H]3C[C@@H](c4ncns4)N(C(=O)OCc4ccc([N+](=O)[O-])cc4)C3)[C@H](C)[C@H]12. The molecule has 0 bridgehead atoms. The van der Waals surface area contributed by atoms with Crippen molar-refractivity contribution < 1.29 is 34.3 Å². The second-order valence-corrected chi connectivity index (χ2v) is 11.8. The summed E-state index contributed by atoms with van der Waals surface area (Å²) in [5.74, 6) is -2.55. The third-order valence-corrected chi connectivity index (χ3v) is 9.53. The molecule has 0 spiro atoms. The summed E-state index contributed by atoms with van der Waals surface area (Å²) in [4.78, 5) is 56.0. The van der Waals surface area contributed by atoms with E-state index < -0.39 is 47.0 Å². The average molecular weight is 576 g/mol. The van der Waals surface area contributed by atoms with Gasteiger partial charge in [0.1, 0.15) is 23.6 Å². The monoisotopic (exact) mass is 575 g/mol. The van der Waals surface area contributed by atoms with Crippen molar-refractivity contribution in [3.05, 3.63) is 61.9 Å². The number of carboxylic acids is 1. The number of nitro benzene ring substituents is 1. The van der Waals surface area contributed by atoms with Gasteiger partial charge in [0.25, 0.3) is 5.69 Å². The summed E-state index contributed by atoms with van der Waals surface area (Å²) in [6.07, 6.45) is 0.373. The van der Waals surface area contributed by atoms with Gasteiger partial charge in [0.05, 0.1) is 29.0 Å². The molecule has 6 atom stereocenters. The summed E-state index contributed by atoms with van der Waals surface area (Å²) in [5.41, 5.74) is 0.457. The Kier molecular flexibility index (Phi) is 7.31. The van der Waals surface area contributed by atoms with E-state index >= 15 is 0 Å². The van der Waals surface area contributed by atoms with Crippen LogP contribution in [0.15, 0.2) is 41.2 Å². The molecule has 13 nitrogen and oxygen atoms in total. The van der Waals surface area contributed by atoms with Crippen LogP contribution in [0.25, 0.3) is 0 Å². The number of hydrogen-bond donors (Lipinski definition) is 2. The smallest absolute Gasteiger partial charge is 0.410 e. The maximum Gasteiger partial charge on any atom is 0.410 e. The topological polar surface area (TPSA) is 176 Å². The van der Waals surface area contributed by atoms with Crippen molar-refractivity contribution in [2.75, 3.05) is 6.54 Å². The Morgan fingerprint density at radius 1 is 1.33 bits per heavy atom. The number of carbonyl (C=O) groups is 3. The molecule has 5 rings (SSSR count). The highest BCUT2D eigenvalue weighted by molar-refractivity contribution is 8.03. The van der Waals surface area contributed by atoms with Crippen LogP contribution in [-0.4, -0.2) is 76.2 Å². The number of carbonyl (C=O) groups excluding carboxylic acids is 2. The number of aliphatic hydroxyl groups is 1. The van der Waals surface area contributed by atoms with Gasteiger partial charge in [-0.1, -0.05) is 6.92 Å². The first-order valence-corrected chi connectivity index (χ1v) is 13.8. The lowest BCUT2D eigenvalue weighted by Gasteiger charge is -2.46. The van der Waals surface area contributed by atoms with E-state index in [-0.39, 0.29) is 35.7 Å². The first kappa shape index (κ1) is 27.0. The second-order valence-electron chi connectivity index (χ2n) is 9.67. The molecule has 2 N–H and O–H groups in total. The Morgan fingerprint density at radius 3 is 2.64 bits per heavy atom.